The first-order chi connectivity index (χ1) is 12.4. The van der Waals surface area contributed by atoms with Crippen molar-refractivity contribution in [1.29, 1.82) is 0 Å². The number of benzene rings is 1. The maximum atomic E-state index is 12.0. The number of amides is 2. The molecule has 1 fully saturated rings. The zero-order valence-electron chi connectivity index (χ0n) is 15.3. The molecular formula is C20H28N2O4. The van der Waals surface area contributed by atoms with Gasteiger partial charge in [-0.15, -0.1) is 0 Å². The second-order valence-corrected chi connectivity index (χ2v) is 7.17. The number of hydrogen-bond donors (Lipinski definition) is 3. The van der Waals surface area contributed by atoms with Crippen molar-refractivity contribution in [1.82, 2.24) is 5.32 Å². The Balaban J connectivity index is 1.71. The zero-order valence-corrected chi connectivity index (χ0v) is 15.3. The highest BCUT2D eigenvalue weighted by atomic mass is 16.4. The van der Waals surface area contributed by atoms with Crippen LogP contribution in [-0.4, -0.2) is 29.4 Å². The number of carboxylic acids is 1. The van der Waals surface area contributed by atoms with Crippen LogP contribution >= 0.6 is 0 Å². The summed E-state index contributed by atoms with van der Waals surface area (Å²) in [5.41, 5.74) is 1.53. The largest absolute Gasteiger partial charge is 0.481 e. The Bertz CT molecular complexity index is 621. The number of aliphatic carboxylic acids is 1. The van der Waals surface area contributed by atoms with Gasteiger partial charge in [0.2, 0.25) is 11.8 Å². The third kappa shape index (κ3) is 6.86. The summed E-state index contributed by atoms with van der Waals surface area (Å²) >= 11 is 0. The predicted molar refractivity (Wildman–Crippen MR) is 99.8 cm³/mol. The fraction of sp³-hybridized carbons (Fsp3) is 0.550. The van der Waals surface area contributed by atoms with E-state index in [1.54, 1.807) is 31.2 Å². The summed E-state index contributed by atoms with van der Waals surface area (Å²) in [4.78, 5) is 34.8. The summed E-state index contributed by atoms with van der Waals surface area (Å²) < 4.78 is 0. The fourth-order valence-corrected chi connectivity index (χ4v) is 3.27. The molecule has 6 nitrogen and oxygen atoms in total. The Labute approximate surface area is 154 Å². The van der Waals surface area contributed by atoms with Gasteiger partial charge >= 0.3 is 5.97 Å². The topological polar surface area (TPSA) is 95.5 Å². The minimum atomic E-state index is -0.827. The normalized spacial score (nSPS) is 15.9. The van der Waals surface area contributed by atoms with E-state index in [2.05, 4.69) is 10.6 Å². The zero-order chi connectivity index (χ0) is 18.9. The van der Waals surface area contributed by atoms with Gasteiger partial charge < -0.3 is 15.7 Å². The van der Waals surface area contributed by atoms with Crippen molar-refractivity contribution in [3.63, 3.8) is 0 Å². The molecule has 1 unspecified atom stereocenters. The molecule has 0 saturated heterocycles. The SMILES string of the molecule is CC(Cc1ccc(NC(=O)CNC(=O)CC2CCCCC2)cc1)C(=O)O. The summed E-state index contributed by atoms with van der Waals surface area (Å²) in [7, 11) is 0. The number of hydrogen-bond acceptors (Lipinski definition) is 3. The van der Waals surface area contributed by atoms with E-state index >= 15 is 0 Å². The van der Waals surface area contributed by atoms with Crippen LogP contribution in [-0.2, 0) is 20.8 Å². The van der Waals surface area contributed by atoms with Crippen LogP contribution in [0.3, 0.4) is 0 Å². The van der Waals surface area contributed by atoms with Crippen molar-refractivity contribution >= 4 is 23.5 Å². The molecule has 0 spiro atoms. The molecule has 1 saturated carbocycles. The molecule has 2 amide bonds. The highest BCUT2D eigenvalue weighted by Crippen LogP contribution is 2.26. The van der Waals surface area contributed by atoms with Crippen molar-refractivity contribution in [3.05, 3.63) is 29.8 Å². The van der Waals surface area contributed by atoms with E-state index in [1.807, 2.05) is 0 Å². The highest BCUT2D eigenvalue weighted by Gasteiger charge is 2.17. The molecule has 1 aliphatic carbocycles. The van der Waals surface area contributed by atoms with Crippen LogP contribution in [0.4, 0.5) is 5.69 Å². The van der Waals surface area contributed by atoms with Gasteiger partial charge in [0.1, 0.15) is 0 Å². The number of rotatable bonds is 8. The van der Waals surface area contributed by atoms with Gasteiger partial charge in [0.05, 0.1) is 12.5 Å². The van der Waals surface area contributed by atoms with Crippen molar-refractivity contribution < 1.29 is 19.5 Å². The van der Waals surface area contributed by atoms with Crippen LogP contribution in [0.25, 0.3) is 0 Å². The lowest BCUT2D eigenvalue weighted by Gasteiger charge is -2.20. The minimum Gasteiger partial charge on any atom is -0.481 e. The molecule has 0 aromatic heterocycles. The van der Waals surface area contributed by atoms with E-state index in [1.165, 1.54) is 19.3 Å². The fourth-order valence-electron chi connectivity index (χ4n) is 3.27. The Morgan fingerprint density at radius 1 is 1.08 bits per heavy atom. The number of carboxylic acid groups (broad SMARTS) is 1. The van der Waals surface area contributed by atoms with Crippen LogP contribution in [0.1, 0.15) is 51.0 Å². The Morgan fingerprint density at radius 2 is 1.73 bits per heavy atom. The minimum absolute atomic E-state index is 0.0383. The van der Waals surface area contributed by atoms with E-state index in [0.717, 1.165) is 18.4 Å². The van der Waals surface area contributed by atoms with Gasteiger partial charge in [0, 0.05) is 12.1 Å². The second kappa shape index (κ2) is 9.94. The Hall–Kier alpha value is -2.37. The average molecular weight is 360 g/mol. The molecule has 0 aliphatic heterocycles. The standard InChI is InChI=1S/C20H28N2O4/c1-14(20(25)26)11-16-7-9-17(10-8-16)22-19(24)13-21-18(23)12-15-5-3-2-4-6-15/h7-10,14-15H,2-6,11-13H2,1H3,(H,21,23)(H,22,24)(H,25,26). The van der Waals surface area contributed by atoms with Crippen LogP contribution in [0.2, 0.25) is 0 Å². The number of carbonyl (C=O) groups is 3. The molecular weight excluding hydrogens is 332 g/mol. The molecule has 142 valence electrons. The molecule has 0 heterocycles. The molecule has 6 heteroatoms. The lowest BCUT2D eigenvalue weighted by atomic mass is 9.87. The van der Waals surface area contributed by atoms with E-state index in [0.29, 0.717) is 24.4 Å². The van der Waals surface area contributed by atoms with Gasteiger partial charge in [0.25, 0.3) is 0 Å². The molecule has 1 aromatic carbocycles. The van der Waals surface area contributed by atoms with E-state index in [-0.39, 0.29) is 18.4 Å². The van der Waals surface area contributed by atoms with Gasteiger partial charge in [-0.2, -0.15) is 0 Å². The predicted octanol–water partition coefficient (Wildman–Crippen LogP) is 2.97. The maximum Gasteiger partial charge on any atom is 0.306 e. The quantitative estimate of drug-likeness (QED) is 0.664. The van der Waals surface area contributed by atoms with Gasteiger partial charge in [-0.1, -0.05) is 38.3 Å². The van der Waals surface area contributed by atoms with Crippen molar-refractivity contribution in [2.75, 3.05) is 11.9 Å². The number of anilines is 1. The maximum absolute atomic E-state index is 12.0. The summed E-state index contributed by atoms with van der Waals surface area (Å²) in [6.45, 7) is 1.62. The lowest BCUT2D eigenvalue weighted by Crippen LogP contribution is -2.34. The summed E-state index contributed by atoms with van der Waals surface area (Å²) in [5, 5.41) is 14.4. The Morgan fingerprint density at radius 3 is 2.35 bits per heavy atom. The van der Waals surface area contributed by atoms with Crippen molar-refractivity contribution in [2.45, 2.75) is 51.9 Å². The molecule has 2 rings (SSSR count). The third-order valence-corrected chi connectivity index (χ3v) is 4.85. The van der Waals surface area contributed by atoms with Gasteiger partial charge in [-0.3, -0.25) is 14.4 Å². The van der Waals surface area contributed by atoms with Gasteiger partial charge in [0.15, 0.2) is 0 Å². The summed E-state index contributed by atoms with van der Waals surface area (Å²) in [6.07, 6.45) is 6.80. The number of carbonyl (C=O) groups excluding carboxylic acids is 2. The van der Waals surface area contributed by atoms with Crippen LogP contribution in [0.5, 0.6) is 0 Å². The summed E-state index contributed by atoms with van der Waals surface area (Å²) in [5.74, 6) is -1.16. The van der Waals surface area contributed by atoms with Gasteiger partial charge in [-0.25, -0.2) is 0 Å². The van der Waals surface area contributed by atoms with Crippen LogP contribution in [0, 0.1) is 11.8 Å². The first-order valence-corrected chi connectivity index (χ1v) is 9.32. The first kappa shape index (κ1) is 19.9. The molecule has 3 N–H and O–H groups in total. The Kier molecular flexibility index (Phi) is 7.63. The molecule has 1 aliphatic rings. The average Bonchev–Trinajstić information content (AvgIpc) is 2.62. The van der Waals surface area contributed by atoms with Gasteiger partial charge in [-0.05, 0) is 42.9 Å². The highest BCUT2D eigenvalue weighted by molar-refractivity contribution is 5.94. The molecule has 0 bridgehead atoms. The van der Waals surface area contributed by atoms with E-state index in [4.69, 9.17) is 5.11 Å². The smallest absolute Gasteiger partial charge is 0.306 e. The van der Waals surface area contributed by atoms with E-state index < -0.39 is 11.9 Å². The summed E-state index contributed by atoms with van der Waals surface area (Å²) in [6, 6.07) is 7.09. The molecule has 0 radical (unpaired) electrons. The monoisotopic (exact) mass is 360 g/mol. The third-order valence-electron chi connectivity index (χ3n) is 4.85. The number of nitrogens with one attached hydrogen (secondary N) is 2. The van der Waals surface area contributed by atoms with Crippen molar-refractivity contribution in [3.8, 4) is 0 Å². The molecule has 26 heavy (non-hydrogen) atoms. The molecule has 1 aromatic rings. The molecule has 1 atom stereocenters. The van der Waals surface area contributed by atoms with Crippen LogP contribution < -0.4 is 10.6 Å². The second-order valence-electron chi connectivity index (χ2n) is 7.17. The van der Waals surface area contributed by atoms with Crippen molar-refractivity contribution in [2.24, 2.45) is 11.8 Å². The van der Waals surface area contributed by atoms with E-state index in [9.17, 15) is 14.4 Å². The lowest BCUT2D eigenvalue weighted by molar-refractivity contribution is -0.141. The van der Waals surface area contributed by atoms with Crippen LogP contribution in [0.15, 0.2) is 24.3 Å². The first-order valence-electron chi connectivity index (χ1n) is 9.32.